The van der Waals surface area contributed by atoms with Gasteiger partial charge in [0.15, 0.2) is 0 Å². The summed E-state index contributed by atoms with van der Waals surface area (Å²) in [6, 6.07) is 6.17. The Bertz CT molecular complexity index is 470. The zero-order chi connectivity index (χ0) is 15.3. The number of nitro groups is 1. The predicted octanol–water partition coefficient (Wildman–Crippen LogP) is 1.09. The maximum absolute atomic E-state index is 10.6. The second-order valence-corrected chi connectivity index (χ2v) is 5.54. The van der Waals surface area contributed by atoms with Crippen molar-refractivity contribution in [3.8, 4) is 0 Å². The minimum atomic E-state index is -0.876. The lowest BCUT2D eigenvalue weighted by molar-refractivity contribution is -0.384. The van der Waals surface area contributed by atoms with E-state index in [1.165, 1.54) is 12.1 Å². The Morgan fingerprint density at radius 1 is 1.38 bits per heavy atom. The van der Waals surface area contributed by atoms with Gasteiger partial charge in [0.2, 0.25) is 0 Å². The minimum Gasteiger partial charge on any atom is -0.387 e. The number of morpholine rings is 1. The van der Waals surface area contributed by atoms with E-state index < -0.39 is 10.5 Å². The average molecular weight is 295 g/mol. The van der Waals surface area contributed by atoms with Gasteiger partial charge in [0.05, 0.1) is 23.7 Å². The van der Waals surface area contributed by atoms with Crippen molar-refractivity contribution in [1.29, 1.82) is 0 Å². The summed E-state index contributed by atoms with van der Waals surface area (Å²) in [7, 11) is 0. The van der Waals surface area contributed by atoms with Crippen LogP contribution in [0, 0.1) is 10.1 Å². The number of benzene rings is 1. The van der Waals surface area contributed by atoms with Crippen molar-refractivity contribution in [3.63, 3.8) is 0 Å². The third kappa shape index (κ3) is 4.96. The smallest absolute Gasteiger partial charge is 0.269 e. The molecule has 0 spiro atoms. The molecule has 1 aromatic carbocycles. The third-order valence-electron chi connectivity index (χ3n) is 3.42. The van der Waals surface area contributed by atoms with Crippen LogP contribution in [-0.4, -0.2) is 59.9 Å². The maximum atomic E-state index is 10.6. The normalized spacial score (nSPS) is 19.0. The first-order chi connectivity index (χ1) is 9.96. The molecule has 0 unspecified atom stereocenters. The monoisotopic (exact) mass is 295 g/mol. The molecule has 21 heavy (non-hydrogen) atoms. The number of ether oxygens (including phenoxy) is 1. The van der Waals surface area contributed by atoms with Crippen molar-refractivity contribution in [1.82, 2.24) is 4.90 Å². The molecule has 1 aliphatic heterocycles. The molecule has 1 heterocycles. The number of non-ortho nitro benzene ring substituents is 1. The van der Waals surface area contributed by atoms with E-state index >= 15 is 0 Å². The van der Waals surface area contributed by atoms with Crippen LogP contribution >= 0.6 is 0 Å². The molecule has 0 aliphatic carbocycles. The van der Waals surface area contributed by atoms with Crippen molar-refractivity contribution in [2.75, 3.05) is 44.7 Å². The predicted molar refractivity (Wildman–Crippen MR) is 79.5 cm³/mol. The van der Waals surface area contributed by atoms with Crippen molar-refractivity contribution in [3.05, 3.63) is 34.4 Å². The van der Waals surface area contributed by atoms with Gasteiger partial charge in [0.25, 0.3) is 5.69 Å². The van der Waals surface area contributed by atoms with Gasteiger partial charge in [-0.1, -0.05) is 0 Å². The van der Waals surface area contributed by atoms with Crippen LogP contribution in [0.5, 0.6) is 0 Å². The number of anilines is 1. The Morgan fingerprint density at radius 3 is 2.57 bits per heavy atom. The molecule has 2 rings (SSSR count). The quantitative estimate of drug-likeness (QED) is 0.603. The fraction of sp³-hybridized carbons (Fsp3) is 0.571. The highest BCUT2D eigenvalue weighted by molar-refractivity contribution is 5.48. The van der Waals surface area contributed by atoms with Crippen LogP contribution in [0.1, 0.15) is 6.92 Å². The van der Waals surface area contributed by atoms with Crippen LogP contribution in [0.25, 0.3) is 0 Å². The first kappa shape index (κ1) is 15.7. The number of nitrogens with one attached hydrogen (secondary N) is 1. The molecule has 1 aliphatic rings. The van der Waals surface area contributed by atoms with Gasteiger partial charge in [-0.25, -0.2) is 0 Å². The fourth-order valence-corrected chi connectivity index (χ4v) is 2.29. The number of aliphatic hydroxyl groups is 1. The van der Waals surface area contributed by atoms with E-state index in [0.29, 0.717) is 26.3 Å². The van der Waals surface area contributed by atoms with E-state index in [1.54, 1.807) is 19.1 Å². The number of hydrogen-bond acceptors (Lipinski definition) is 6. The molecular weight excluding hydrogens is 274 g/mol. The second kappa shape index (κ2) is 6.84. The molecule has 0 amide bonds. The standard InChI is InChI=1S/C14H21N3O4/c1-14(18,11-16-6-8-21-9-7-16)10-15-12-2-4-13(5-3-12)17(19)20/h2-5,15,18H,6-11H2,1H3/t14-/m1/s1. The summed E-state index contributed by atoms with van der Waals surface area (Å²) in [5.74, 6) is 0. The van der Waals surface area contributed by atoms with E-state index in [1.807, 2.05) is 0 Å². The molecule has 116 valence electrons. The van der Waals surface area contributed by atoms with Crippen LogP contribution in [0.3, 0.4) is 0 Å². The molecule has 7 nitrogen and oxygen atoms in total. The second-order valence-electron chi connectivity index (χ2n) is 5.54. The van der Waals surface area contributed by atoms with Crippen molar-refractivity contribution >= 4 is 11.4 Å². The molecule has 1 atom stereocenters. The lowest BCUT2D eigenvalue weighted by Gasteiger charge is -2.34. The number of nitrogens with zero attached hydrogens (tertiary/aromatic N) is 2. The average Bonchev–Trinajstić information content (AvgIpc) is 2.46. The summed E-state index contributed by atoms with van der Waals surface area (Å²) in [5, 5.41) is 24.1. The molecule has 1 aromatic rings. The SMILES string of the molecule is C[C@@](O)(CNc1ccc([N+](=O)[O-])cc1)CN1CCOCC1. The van der Waals surface area contributed by atoms with Crippen LogP contribution < -0.4 is 5.32 Å². The number of β-amino-alcohol motifs (C(OH)–C–C–N with tert-alkyl or cyclic N) is 1. The summed E-state index contributed by atoms with van der Waals surface area (Å²) >= 11 is 0. The van der Waals surface area contributed by atoms with Crippen LogP contribution in [0.4, 0.5) is 11.4 Å². The molecule has 0 saturated carbocycles. The van der Waals surface area contributed by atoms with Gasteiger partial charge in [0, 0.05) is 44.0 Å². The molecule has 1 fully saturated rings. The number of rotatable bonds is 6. The first-order valence-corrected chi connectivity index (χ1v) is 6.97. The summed E-state index contributed by atoms with van der Waals surface area (Å²) in [4.78, 5) is 12.3. The lowest BCUT2D eigenvalue weighted by atomic mass is 10.1. The van der Waals surface area contributed by atoms with Gasteiger partial charge in [0.1, 0.15) is 0 Å². The zero-order valence-electron chi connectivity index (χ0n) is 12.1. The minimum absolute atomic E-state index is 0.0561. The first-order valence-electron chi connectivity index (χ1n) is 6.97. The summed E-state index contributed by atoms with van der Waals surface area (Å²) in [5.41, 5.74) is -0.0671. The van der Waals surface area contributed by atoms with Crippen molar-refractivity contribution < 1.29 is 14.8 Å². The molecule has 0 aromatic heterocycles. The Hall–Kier alpha value is -1.70. The van der Waals surface area contributed by atoms with E-state index in [-0.39, 0.29) is 5.69 Å². The molecule has 7 heteroatoms. The Morgan fingerprint density at radius 2 is 2.00 bits per heavy atom. The van der Waals surface area contributed by atoms with Crippen LogP contribution in [0.15, 0.2) is 24.3 Å². The Balaban J connectivity index is 1.83. The Kier molecular flexibility index (Phi) is 5.11. The van der Waals surface area contributed by atoms with E-state index in [0.717, 1.165) is 18.8 Å². The highest BCUT2D eigenvalue weighted by Gasteiger charge is 2.25. The zero-order valence-corrected chi connectivity index (χ0v) is 12.1. The third-order valence-corrected chi connectivity index (χ3v) is 3.42. The number of nitro benzene ring substituents is 1. The van der Waals surface area contributed by atoms with Gasteiger partial charge in [-0.3, -0.25) is 15.0 Å². The van der Waals surface area contributed by atoms with Crippen molar-refractivity contribution in [2.24, 2.45) is 0 Å². The maximum Gasteiger partial charge on any atom is 0.269 e. The van der Waals surface area contributed by atoms with Gasteiger partial charge >= 0.3 is 0 Å². The fourth-order valence-electron chi connectivity index (χ4n) is 2.29. The molecule has 2 N–H and O–H groups in total. The lowest BCUT2D eigenvalue weighted by Crippen LogP contribution is -2.49. The van der Waals surface area contributed by atoms with Gasteiger partial charge < -0.3 is 15.2 Å². The van der Waals surface area contributed by atoms with Gasteiger partial charge in [-0.15, -0.1) is 0 Å². The summed E-state index contributed by atoms with van der Waals surface area (Å²) in [6.07, 6.45) is 0. The van der Waals surface area contributed by atoms with Crippen LogP contribution in [0.2, 0.25) is 0 Å². The summed E-state index contributed by atoms with van der Waals surface area (Å²) < 4.78 is 5.28. The molecular formula is C14H21N3O4. The van der Waals surface area contributed by atoms with Crippen LogP contribution in [-0.2, 0) is 4.74 Å². The van der Waals surface area contributed by atoms with Crippen molar-refractivity contribution in [2.45, 2.75) is 12.5 Å². The highest BCUT2D eigenvalue weighted by Crippen LogP contribution is 2.17. The topological polar surface area (TPSA) is 87.9 Å². The molecule has 1 saturated heterocycles. The Labute approximate surface area is 123 Å². The van der Waals surface area contributed by atoms with E-state index in [4.69, 9.17) is 4.74 Å². The van der Waals surface area contributed by atoms with E-state index in [9.17, 15) is 15.2 Å². The molecule has 0 bridgehead atoms. The highest BCUT2D eigenvalue weighted by atomic mass is 16.6. The van der Waals surface area contributed by atoms with E-state index in [2.05, 4.69) is 10.2 Å². The number of hydrogen-bond donors (Lipinski definition) is 2. The largest absolute Gasteiger partial charge is 0.387 e. The van der Waals surface area contributed by atoms with Gasteiger partial charge in [-0.2, -0.15) is 0 Å². The summed E-state index contributed by atoms with van der Waals surface area (Å²) in [6.45, 7) is 5.78. The van der Waals surface area contributed by atoms with Gasteiger partial charge in [-0.05, 0) is 19.1 Å². The molecule has 0 radical (unpaired) electrons.